The average molecular weight is 338 g/mol. The van der Waals surface area contributed by atoms with Gasteiger partial charge in [0.2, 0.25) is 5.91 Å². The molecule has 0 spiro atoms. The molecule has 0 saturated carbocycles. The Morgan fingerprint density at radius 2 is 1.68 bits per heavy atom. The van der Waals surface area contributed by atoms with Crippen LogP contribution in [0.4, 0.5) is 4.39 Å². The number of thioether (sulfide) groups is 1. The van der Waals surface area contributed by atoms with Gasteiger partial charge in [-0.3, -0.25) is 4.79 Å². The minimum atomic E-state index is -0.283. The molecule has 0 aliphatic rings. The number of hydrogen-bond acceptors (Lipinski definition) is 2. The normalized spacial score (nSPS) is 13.5. The molecule has 1 amide bonds. The van der Waals surface area contributed by atoms with Gasteiger partial charge in [0.1, 0.15) is 5.82 Å². The first kappa shape index (κ1) is 16.8. The second-order valence-corrected chi connectivity index (χ2v) is 6.85. The summed E-state index contributed by atoms with van der Waals surface area (Å²) >= 11 is 7.31. The molecule has 0 saturated heterocycles. The molecule has 22 heavy (non-hydrogen) atoms. The molecule has 0 fully saturated rings. The molecule has 0 aliphatic carbocycles. The van der Waals surface area contributed by atoms with Crippen molar-refractivity contribution >= 4 is 29.3 Å². The van der Waals surface area contributed by atoms with Gasteiger partial charge in [-0.2, -0.15) is 0 Å². The maximum Gasteiger partial charge on any atom is 0.233 e. The maximum absolute atomic E-state index is 12.9. The Balaban J connectivity index is 1.93. The summed E-state index contributed by atoms with van der Waals surface area (Å²) in [5, 5.41) is 3.38. The van der Waals surface area contributed by atoms with Gasteiger partial charge in [-0.05, 0) is 55.8 Å². The molecule has 2 aromatic carbocycles. The molecular weight excluding hydrogens is 321 g/mol. The summed E-state index contributed by atoms with van der Waals surface area (Å²) in [5.74, 6) is -0.342. The minimum Gasteiger partial charge on any atom is -0.349 e. The third-order valence-electron chi connectivity index (χ3n) is 3.22. The van der Waals surface area contributed by atoms with Gasteiger partial charge in [0.05, 0.1) is 11.3 Å². The molecule has 0 unspecified atom stereocenters. The lowest BCUT2D eigenvalue weighted by atomic mass is 10.1. The van der Waals surface area contributed by atoms with Crippen LogP contribution >= 0.6 is 23.4 Å². The number of carbonyl (C=O) groups is 1. The van der Waals surface area contributed by atoms with Gasteiger partial charge < -0.3 is 5.32 Å². The SMILES string of the molecule is C[C@H](NC(=O)[C@@H](C)Sc1ccc(Cl)cc1)c1ccc(F)cc1. The number of carbonyl (C=O) groups excluding carboxylic acids is 1. The standard InChI is InChI=1S/C17H17ClFNOS/c1-11(13-3-7-15(19)8-4-13)20-17(21)12(2)22-16-9-5-14(18)6-10-16/h3-12H,1-2H3,(H,20,21)/t11-,12+/m0/s1. The number of benzene rings is 2. The summed E-state index contributed by atoms with van der Waals surface area (Å²) in [5.41, 5.74) is 0.874. The zero-order chi connectivity index (χ0) is 16.1. The van der Waals surface area contributed by atoms with Crippen LogP contribution in [0.1, 0.15) is 25.5 Å². The smallest absolute Gasteiger partial charge is 0.233 e. The second-order valence-electron chi connectivity index (χ2n) is 5.00. The molecule has 0 bridgehead atoms. The molecule has 2 nitrogen and oxygen atoms in total. The quantitative estimate of drug-likeness (QED) is 0.791. The fraction of sp³-hybridized carbons (Fsp3) is 0.235. The predicted molar refractivity (Wildman–Crippen MR) is 89.7 cm³/mol. The lowest BCUT2D eigenvalue weighted by molar-refractivity contribution is -0.120. The zero-order valence-electron chi connectivity index (χ0n) is 12.3. The van der Waals surface area contributed by atoms with Crippen molar-refractivity contribution in [3.8, 4) is 0 Å². The van der Waals surface area contributed by atoms with E-state index in [0.717, 1.165) is 10.5 Å². The highest BCUT2D eigenvalue weighted by atomic mass is 35.5. The minimum absolute atomic E-state index is 0.0585. The van der Waals surface area contributed by atoms with Crippen molar-refractivity contribution in [1.82, 2.24) is 5.32 Å². The Labute approximate surface area is 139 Å². The van der Waals surface area contributed by atoms with E-state index < -0.39 is 0 Å². The van der Waals surface area contributed by atoms with Gasteiger partial charge in [-0.25, -0.2) is 4.39 Å². The molecular formula is C17H17ClFNOS. The predicted octanol–water partition coefficient (Wildman–Crippen LogP) is 4.84. The van der Waals surface area contributed by atoms with Crippen LogP contribution in [0.15, 0.2) is 53.4 Å². The van der Waals surface area contributed by atoms with E-state index in [1.165, 1.54) is 23.9 Å². The van der Waals surface area contributed by atoms with Gasteiger partial charge in [-0.1, -0.05) is 23.7 Å². The van der Waals surface area contributed by atoms with E-state index in [1.54, 1.807) is 24.3 Å². The lowest BCUT2D eigenvalue weighted by Gasteiger charge is -2.18. The highest BCUT2D eigenvalue weighted by molar-refractivity contribution is 8.00. The summed E-state index contributed by atoms with van der Waals surface area (Å²) in [6.07, 6.45) is 0. The molecule has 116 valence electrons. The van der Waals surface area contributed by atoms with E-state index in [1.807, 2.05) is 26.0 Å². The fourth-order valence-corrected chi connectivity index (χ4v) is 2.94. The number of rotatable bonds is 5. The molecule has 2 atom stereocenters. The number of hydrogen-bond donors (Lipinski definition) is 1. The highest BCUT2D eigenvalue weighted by Crippen LogP contribution is 2.25. The first-order valence-corrected chi connectivity index (χ1v) is 8.19. The van der Waals surface area contributed by atoms with Crippen molar-refractivity contribution in [1.29, 1.82) is 0 Å². The molecule has 0 aliphatic heterocycles. The first-order valence-electron chi connectivity index (χ1n) is 6.94. The second kappa shape index (κ2) is 7.65. The van der Waals surface area contributed by atoms with E-state index in [2.05, 4.69) is 5.32 Å². The van der Waals surface area contributed by atoms with Crippen molar-refractivity contribution in [2.45, 2.75) is 30.0 Å². The van der Waals surface area contributed by atoms with Crippen LogP contribution in [-0.2, 0) is 4.79 Å². The van der Waals surface area contributed by atoms with Gasteiger partial charge in [0, 0.05) is 9.92 Å². The van der Waals surface area contributed by atoms with Crippen LogP contribution in [0.2, 0.25) is 5.02 Å². The molecule has 2 rings (SSSR count). The van der Waals surface area contributed by atoms with E-state index in [4.69, 9.17) is 11.6 Å². The first-order chi connectivity index (χ1) is 10.5. The van der Waals surface area contributed by atoms with Crippen LogP contribution in [0.5, 0.6) is 0 Å². The van der Waals surface area contributed by atoms with E-state index in [0.29, 0.717) is 5.02 Å². The Morgan fingerprint density at radius 3 is 2.27 bits per heavy atom. The Morgan fingerprint density at radius 1 is 1.09 bits per heavy atom. The van der Waals surface area contributed by atoms with Crippen LogP contribution in [0.25, 0.3) is 0 Å². The van der Waals surface area contributed by atoms with E-state index in [-0.39, 0.29) is 23.0 Å². The summed E-state index contributed by atoms with van der Waals surface area (Å²) in [7, 11) is 0. The fourth-order valence-electron chi connectivity index (χ4n) is 1.94. The van der Waals surface area contributed by atoms with Gasteiger partial charge in [0.15, 0.2) is 0 Å². The van der Waals surface area contributed by atoms with Crippen molar-refractivity contribution in [3.63, 3.8) is 0 Å². The Bertz CT molecular complexity index is 630. The summed E-state index contributed by atoms with van der Waals surface area (Å²) in [6, 6.07) is 13.4. The largest absolute Gasteiger partial charge is 0.349 e. The van der Waals surface area contributed by atoms with Crippen LogP contribution in [-0.4, -0.2) is 11.2 Å². The third kappa shape index (κ3) is 4.75. The van der Waals surface area contributed by atoms with Crippen molar-refractivity contribution in [2.75, 3.05) is 0 Å². The average Bonchev–Trinajstić information content (AvgIpc) is 2.50. The highest BCUT2D eigenvalue weighted by Gasteiger charge is 2.17. The van der Waals surface area contributed by atoms with E-state index >= 15 is 0 Å². The molecule has 2 aromatic rings. The maximum atomic E-state index is 12.9. The molecule has 5 heteroatoms. The zero-order valence-corrected chi connectivity index (χ0v) is 13.9. The van der Waals surface area contributed by atoms with Gasteiger partial charge in [-0.15, -0.1) is 11.8 Å². The molecule has 0 heterocycles. The van der Waals surface area contributed by atoms with Crippen LogP contribution < -0.4 is 5.32 Å². The van der Waals surface area contributed by atoms with Crippen molar-refractivity contribution in [3.05, 3.63) is 64.9 Å². The Kier molecular flexibility index (Phi) is 5.86. The Hall–Kier alpha value is -1.52. The number of nitrogens with one attached hydrogen (secondary N) is 1. The molecule has 1 N–H and O–H groups in total. The third-order valence-corrected chi connectivity index (χ3v) is 4.59. The van der Waals surface area contributed by atoms with Crippen LogP contribution in [0.3, 0.4) is 0 Å². The van der Waals surface area contributed by atoms with Crippen molar-refractivity contribution in [2.24, 2.45) is 0 Å². The van der Waals surface area contributed by atoms with Gasteiger partial charge in [0.25, 0.3) is 0 Å². The summed E-state index contributed by atoms with van der Waals surface area (Å²) < 4.78 is 12.9. The molecule has 0 aromatic heterocycles. The summed E-state index contributed by atoms with van der Waals surface area (Å²) in [6.45, 7) is 3.73. The van der Waals surface area contributed by atoms with E-state index in [9.17, 15) is 9.18 Å². The monoisotopic (exact) mass is 337 g/mol. The van der Waals surface area contributed by atoms with Gasteiger partial charge >= 0.3 is 0 Å². The number of amides is 1. The molecule has 0 radical (unpaired) electrons. The van der Waals surface area contributed by atoms with Crippen LogP contribution in [0, 0.1) is 5.82 Å². The topological polar surface area (TPSA) is 29.1 Å². The summed E-state index contributed by atoms with van der Waals surface area (Å²) in [4.78, 5) is 13.2. The van der Waals surface area contributed by atoms with Crippen molar-refractivity contribution < 1.29 is 9.18 Å². The number of halogens is 2. The lowest BCUT2D eigenvalue weighted by Crippen LogP contribution is -2.33.